The Labute approximate surface area is 170 Å². The molecule has 5 atom stereocenters. The summed E-state index contributed by atoms with van der Waals surface area (Å²) in [4.78, 5) is 69.2. The molecule has 0 fully saturated rings. The van der Waals surface area contributed by atoms with Gasteiger partial charge in [0.15, 0.2) is 0 Å². The number of nitrogens with two attached hydrogens (primary N) is 1. The van der Waals surface area contributed by atoms with E-state index in [4.69, 9.17) is 21.1 Å². The van der Waals surface area contributed by atoms with Crippen molar-refractivity contribution in [2.24, 2.45) is 5.73 Å². The first kappa shape index (κ1) is 26.7. The molecule has 0 saturated heterocycles. The molecule has 3 amide bonds. The lowest BCUT2D eigenvalue weighted by Gasteiger charge is -2.25. The van der Waals surface area contributed by atoms with Crippen LogP contribution >= 0.6 is 0 Å². The van der Waals surface area contributed by atoms with Gasteiger partial charge >= 0.3 is 17.9 Å². The van der Waals surface area contributed by atoms with Crippen LogP contribution in [-0.2, 0) is 28.8 Å². The molecular formula is C16H26N4O10. The molecule has 0 aromatic carbocycles. The van der Waals surface area contributed by atoms with Crippen molar-refractivity contribution in [3.05, 3.63) is 0 Å². The lowest BCUT2D eigenvalue weighted by molar-refractivity contribution is -0.145. The third-order valence-electron chi connectivity index (χ3n) is 3.75. The minimum Gasteiger partial charge on any atom is -0.481 e. The number of carboxylic acid groups (broad SMARTS) is 3. The van der Waals surface area contributed by atoms with Crippen LogP contribution in [0.15, 0.2) is 0 Å². The Balaban J connectivity index is 5.36. The Bertz CT molecular complexity index is 679. The first-order valence-electron chi connectivity index (χ1n) is 8.77. The molecule has 0 rings (SSSR count). The third kappa shape index (κ3) is 9.79. The van der Waals surface area contributed by atoms with E-state index in [0.717, 1.165) is 6.92 Å². The average Bonchev–Trinajstić information content (AvgIpc) is 2.60. The maximum Gasteiger partial charge on any atom is 0.326 e. The van der Waals surface area contributed by atoms with Gasteiger partial charge in [0, 0.05) is 6.42 Å². The van der Waals surface area contributed by atoms with Crippen LogP contribution in [0.4, 0.5) is 0 Å². The van der Waals surface area contributed by atoms with Gasteiger partial charge in [0.2, 0.25) is 17.7 Å². The number of aliphatic hydroxyl groups excluding tert-OH is 1. The first-order valence-corrected chi connectivity index (χ1v) is 8.77. The van der Waals surface area contributed by atoms with Gasteiger partial charge in [-0.2, -0.15) is 0 Å². The van der Waals surface area contributed by atoms with Crippen molar-refractivity contribution in [3.63, 3.8) is 0 Å². The summed E-state index contributed by atoms with van der Waals surface area (Å²) in [5.41, 5.74) is 5.35. The predicted molar refractivity (Wildman–Crippen MR) is 97.9 cm³/mol. The number of rotatable bonds is 13. The van der Waals surface area contributed by atoms with Gasteiger partial charge in [0.1, 0.15) is 18.1 Å². The monoisotopic (exact) mass is 434 g/mol. The Morgan fingerprint density at radius 1 is 0.800 bits per heavy atom. The number of aliphatic hydroxyl groups is 1. The zero-order chi connectivity index (χ0) is 23.6. The van der Waals surface area contributed by atoms with E-state index < -0.39 is 85.2 Å². The summed E-state index contributed by atoms with van der Waals surface area (Å²) in [6.07, 6.45) is -3.41. The first-order chi connectivity index (χ1) is 13.8. The van der Waals surface area contributed by atoms with Crippen LogP contribution in [0, 0.1) is 0 Å². The maximum absolute atomic E-state index is 12.4. The minimum absolute atomic E-state index is 0.455. The second kappa shape index (κ2) is 12.3. The van der Waals surface area contributed by atoms with Gasteiger partial charge < -0.3 is 42.1 Å². The number of carbonyl (C=O) groups is 6. The highest BCUT2D eigenvalue weighted by Crippen LogP contribution is 2.03. The summed E-state index contributed by atoms with van der Waals surface area (Å²) < 4.78 is 0. The number of aliphatic carboxylic acids is 3. The molecule has 9 N–H and O–H groups in total. The van der Waals surface area contributed by atoms with E-state index in [9.17, 15) is 33.9 Å². The lowest BCUT2D eigenvalue weighted by atomic mass is 10.1. The van der Waals surface area contributed by atoms with E-state index in [1.807, 2.05) is 10.6 Å². The van der Waals surface area contributed by atoms with Crippen molar-refractivity contribution >= 4 is 35.6 Å². The fourth-order valence-electron chi connectivity index (χ4n) is 2.13. The molecule has 0 spiro atoms. The number of nitrogens with one attached hydrogen (secondary N) is 3. The van der Waals surface area contributed by atoms with E-state index in [-0.39, 0.29) is 0 Å². The molecule has 0 saturated carbocycles. The zero-order valence-corrected chi connectivity index (χ0v) is 16.3. The van der Waals surface area contributed by atoms with Crippen molar-refractivity contribution < 1.29 is 49.2 Å². The van der Waals surface area contributed by atoms with Gasteiger partial charge in [-0.05, 0) is 20.3 Å². The van der Waals surface area contributed by atoms with Crippen LogP contribution in [0.1, 0.15) is 33.1 Å². The summed E-state index contributed by atoms with van der Waals surface area (Å²) in [5.74, 6) is -7.40. The van der Waals surface area contributed by atoms with Gasteiger partial charge in [-0.3, -0.25) is 24.0 Å². The molecule has 0 aliphatic carbocycles. The molecular weight excluding hydrogens is 408 g/mol. The van der Waals surface area contributed by atoms with Gasteiger partial charge in [-0.1, -0.05) is 0 Å². The summed E-state index contributed by atoms with van der Waals surface area (Å²) in [6, 6.07) is -6.01. The van der Waals surface area contributed by atoms with Gasteiger partial charge in [-0.25, -0.2) is 4.79 Å². The summed E-state index contributed by atoms with van der Waals surface area (Å²) >= 11 is 0. The average molecular weight is 434 g/mol. The fourth-order valence-corrected chi connectivity index (χ4v) is 2.13. The van der Waals surface area contributed by atoms with Gasteiger partial charge in [0.05, 0.1) is 18.6 Å². The standard InChI is InChI=1S/C16H26N4O10/c1-6(17)13(26)19-9(5-11(24)25)14(27)20-12(7(2)21)15(28)18-8(16(29)30)3-4-10(22)23/h6-9,12,21H,3-5,17H2,1-2H3,(H,18,28)(H,19,26)(H,20,27)(H,22,23)(H,24,25)(H,29,30). The number of hydrogen-bond donors (Lipinski definition) is 8. The number of carboxylic acids is 3. The van der Waals surface area contributed by atoms with Crippen LogP contribution in [0.2, 0.25) is 0 Å². The molecule has 0 heterocycles. The molecule has 0 aromatic heterocycles. The topological polar surface area (TPSA) is 245 Å². The number of amides is 3. The van der Waals surface area contributed by atoms with Crippen molar-refractivity contribution in [1.82, 2.24) is 16.0 Å². The highest BCUT2D eigenvalue weighted by molar-refractivity contribution is 5.95. The van der Waals surface area contributed by atoms with Crippen LogP contribution in [0.5, 0.6) is 0 Å². The second-order valence-corrected chi connectivity index (χ2v) is 6.51. The van der Waals surface area contributed by atoms with E-state index in [2.05, 4.69) is 5.32 Å². The number of carbonyl (C=O) groups excluding carboxylic acids is 3. The Hall–Kier alpha value is -3.26. The Morgan fingerprint density at radius 3 is 1.73 bits per heavy atom. The zero-order valence-electron chi connectivity index (χ0n) is 16.3. The highest BCUT2D eigenvalue weighted by Gasteiger charge is 2.33. The predicted octanol–water partition coefficient (Wildman–Crippen LogP) is -3.41. The van der Waals surface area contributed by atoms with Crippen molar-refractivity contribution in [1.29, 1.82) is 0 Å². The number of hydrogen-bond acceptors (Lipinski definition) is 8. The maximum atomic E-state index is 12.4. The minimum atomic E-state index is -1.72. The summed E-state index contributed by atoms with van der Waals surface area (Å²) in [7, 11) is 0. The van der Waals surface area contributed by atoms with Crippen LogP contribution in [0.25, 0.3) is 0 Å². The van der Waals surface area contributed by atoms with E-state index in [1.54, 1.807) is 0 Å². The van der Waals surface area contributed by atoms with Crippen LogP contribution in [-0.4, -0.2) is 86.3 Å². The van der Waals surface area contributed by atoms with Gasteiger partial charge in [0.25, 0.3) is 0 Å². The quantitative estimate of drug-likeness (QED) is 0.142. The normalized spacial score (nSPS) is 15.6. The molecule has 5 unspecified atom stereocenters. The molecule has 14 nitrogen and oxygen atoms in total. The fraction of sp³-hybridized carbons (Fsp3) is 0.625. The molecule has 30 heavy (non-hydrogen) atoms. The molecule has 0 bridgehead atoms. The van der Waals surface area contributed by atoms with Crippen molar-refractivity contribution in [2.45, 2.75) is 63.4 Å². The van der Waals surface area contributed by atoms with Crippen molar-refractivity contribution in [3.8, 4) is 0 Å². The SMILES string of the molecule is CC(N)C(=O)NC(CC(=O)O)C(=O)NC(C(=O)NC(CCC(=O)O)C(=O)O)C(C)O. The second-order valence-electron chi connectivity index (χ2n) is 6.51. The van der Waals surface area contributed by atoms with E-state index >= 15 is 0 Å². The smallest absolute Gasteiger partial charge is 0.326 e. The van der Waals surface area contributed by atoms with E-state index in [1.165, 1.54) is 6.92 Å². The lowest BCUT2D eigenvalue weighted by Crippen LogP contribution is -2.60. The summed E-state index contributed by atoms with van der Waals surface area (Å²) in [6.45, 7) is 2.39. The molecule has 14 heteroatoms. The molecule has 0 aliphatic heterocycles. The summed E-state index contributed by atoms with van der Waals surface area (Å²) in [5, 5.41) is 42.6. The Kier molecular flexibility index (Phi) is 11.0. The van der Waals surface area contributed by atoms with Gasteiger partial charge in [-0.15, -0.1) is 0 Å². The Morgan fingerprint density at radius 2 is 1.33 bits per heavy atom. The molecule has 0 aliphatic rings. The van der Waals surface area contributed by atoms with Crippen LogP contribution in [0.3, 0.4) is 0 Å². The molecule has 0 aromatic rings. The molecule has 0 radical (unpaired) electrons. The third-order valence-corrected chi connectivity index (χ3v) is 3.75. The largest absolute Gasteiger partial charge is 0.481 e. The molecule has 170 valence electrons. The van der Waals surface area contributed by atoms with Crippen LogP contribution < -0.4 is 21.7 Å². The van der Waals surface area contributed by atoms with E-state index in [0.29, 0.717) is 0 Å². The highest BCUT2D eigenvalue weighted by atomic mass is 16.4. The van der Waals surface area contributed by atoms with Crippen molar-refractivity contribution in [2.75, 3.05) is 0 Å².